The first-order valence-electron chi connectivity index (χ1n) is 10.4. The number of fused-ring (bicyclic) bond motifs is 1. The number of thioether (sulfide) groups is 1. The molecule has 0 atom stereocenters. The van der Waals surface area contributed by atoms with Gasteiger partial charge in [0.1, 0.15) is 5.00 Å². The summed E-state index contributed by atoms with van der Waals surface area (Å²) in [5.41, 5.74) is 9.09. The Balaban J connectivity index is 1.43. The number of rotatable bonds is 7. The van der Waals surface area contributed by atoms with Gasteiger partial charge >= 0.3 is 0 Å². The Labute approximate surface area is 193 Å². The lowest BCUT2D eigenvalue weighted by molar-refractivity contribution is -0.113. The molecule has 0 unspecified atom stereocenters. The van der Waals surface area contributed by atoms with E-state index in [1.165, 1.54) is 11.3 Å². The molecule has 0 saturated heterocycles. The molecule has 4 N–H and O–H groups in total. The van der Waals surface area contributed by atoms with Crippen molar-refractivity contribution in [3.8, 4) is 0 Å². The number of hydrogen-bond donors (Lipinski definition) is 3. The highest BCUT2D eigenvalue weighted by Crippen LogP contribution is 2.38. The van der Waals surface area contributed by atoms with E-state index in [1.807, 2.05) is 30.3 Å². The second kappa shape index (κ2) is 9.70. The maximum Gasteiger partial charge on any atom is 0.255 e. The number of aromatic nitrogens is 2. The van der Waals surface area contributed by atoms with Crippen LogP contribution in [0.3, 0.4) is 0 Å². The van der Waals surface area contributed by atoms with Crippen LogP contribution in [0, 0.1) is 6.92 Å². The summed E-state index contributed by atoms with van der Waals surface area (Å²) in [6.07, 6.45) is 4.32. The number of nitrogens with one attached hydrogen (secondary N) is 2. The number of carbonyl (C=O) groups excluding carboxylic acids is 2. The summed E-state index contributed by atoms with van der Waals surface area (Å²) >= 11 is 2.58. The SMILES string of the molecule is Cc1nc(SCC(=O)Nc2sc3c(c2C(N)=O)CCCC3)[nH]c(=O)c1Cc1ccccc1. The van der Waals surface area contributed by atoms with Crippen LogP contribution in [0.15, 0.2) is 40.3 Å². The van der Waals surface area contributed by atoms with E-state index >= 15 is 0 Å². The Hall–Kier alpha value is -2.91. The molecule has 0 spiro atoms. The lowest BCUT2D eigenvalue weighted by atomic mass is 9.95. The molecule has 7 nitrogen and oxygen atoms in total. The van der Waals surface area contributed by atoms with E-state index in [9.17, 15) is 14.4 Å². The standard InChI is InChI=1S/C23H24N4O3S2/c1-13-16(11-14-7-3-2-4-8-14)21(30)27-23(25-13)31-12-18(28)26-22-19(20(24)29)15-9-5-6-10-17(15)32-22/h2-4,7-8H,5-6,9-12H2,1H3,(H2,24,29)(H,26,28)(H,25,27,30). The molecule has 0 fully saturated rings. The quantitative estimate of drug-likeness (QED) is 0.363. The maximum absolute atomic E-state index is 12.6. The number of primary amides is 1. The molecule has 3 aromatic rings. The average Bonchev–Trinajstić information content (AvgIpc) is 3.13. The van der Waals surface area contributed by atoms with Gasteiger partial charge in [-0.05, 0) is 43.7 Å². The van der Waals surface area contributed by atoms with E-state index in [-0.39, 0.29) is 17.2 Å². The summed E-state index contributed by atoms with van der Waals surface area (Å²) in [6, 6.07) is 9.73. The van der Waals surface area contributed by atoms with Crippen LogP contribution in [0.25, 0.3) is 0 Å². The predicted octanol–water partition coefficient (Wildman–Crippen LogP) is 3.44. The Morgan fingerprint density at radius 3 is 2.69 bits per heavy atom. The summed E-state index contributed by atoms with van der Waals surface area (Å²) in [5.74, 6) is -0.728. The number of anilines is 1. The topological polar surface area (TPSA) is 118 Å². The number of carbonyl (C=O) groups is 2. The van der Waals surface area contributed by atoms with Crippen molar-refractivity contribution >= 4 is 39.9 Å². The van der Waals surface area contributed by atoms with Crippen LogP contribution in [-0.2, 0) is 24.1 Å². The Kier molecular flexibility index (Phi) is 6.76. The molecule has 0 aliphatic heterocycles. The molecule has 0 saturated carbocycles. The molecular formula is C23H24N4O3S2. The van der Waals surface area contributed by atoms with Crippen LogP contribution < -0.4 is 16.6 Å². The third kappa shape index (κ3) is 4.94. The molecule has 2 amide bonds. The third-order valence-corrected chi connectivity index (χ3v) is 7.52. The normalized spacial score (nSPS) is 12.9. The molecule has 0 radical (unpaired) electrons. The lowest BCUT2D eigenvalue weighted by Gasteiger charge is -2.11. The molecule has 2 aromatic heterocycles. The average molecular weight is 469 g/mol. The fourth-order valence-electron chi connectivity index (χ4n) is 3.87. The van der Waals surface area contributed by atoms with Crippen LogP contribution in [0.2, 0.25) is 0 Å². The van der Waals surface area contributed by atoms with E-state index < -0.39 is 5.91 Å². The summed E-state index contributed by atoms with van der Waals surface area (Å²) < 4.78 is 0. The highest BCUT2D eigenvalue weighted by atomic mass is 32.2. The monoisotopic (exact) mass is 468 g/mol. The van der Waals surface area contributed by atoms with Crippen molar-refractivity contribution in [3.05, 3.63) is 73.5 Å². The summed E-state index contributed by atoms with van der Waals surface area (Å²) in [4.78, 5) is 45.5. The molecule has 4 rings (SSSR count). The highest BCUT2D eigenvalue weighted by Gasteiger charge is 2.25. The summed E-state index contributed by atoms with van der Waals surface area (Å²) in [6.45, 7) is 1.80. The first-order chi connectivity index (χ1) is 15.4. The van der Waals surface area contributed by atoms with E-state index in [0.717, 1.165) is 53.4 Å². The number of amides is 2. The molecule has 1 aromatic carbocycles. The lowest BCUT2D eigenvalue weighted by Crippen LogP contribution is -2.20. The van der Waals surface area contributed by atoms with Gasteiger partial charge in [0.2, 0.25) is 5.91 Å². The van der Waals surface area contributed by atoms with Gasteiger partial charge in [-0.25, -0.2) is 4.98 Å². The molecule has 32 heavy (non-hydrogen) atoms. The minimum absolute atomic E-state index is 0.0567. The maximum atomic E-state index is 12.6. The first-order valence-corrected chi connectivity index (χ1v) is 12.2. The minimum atomic E-state index is -0.511. The number of aromatic amines is 1. The molecule has 1 aliphatic carbocycles. The number of nitrogens with zero attached hydrogens (tertiary/aromatic N) is 1. The molecule has 1 aliphatic rings. The van der Waals surface area contributed by atoms with Crippen LogP contribution in [0.4, 0.5) is 5.00 Å². The number of aryl methyl sites for hydroxylation is 2. The van der Waals surface area contributed by atoms with Gasteiger partial charge < -0.3 is 16.0 Å². The van der Waals surface area contributed by atoms with Crippen LogP contribution >= 0.6 is 23.1 Å². The molecule has 9 heteroatoms. The van der Waals surface area contributed by atoms with E-state index in [0.29, 0.717) is 33.4 Å². The zero-order chi connectivity index (χ0) is 22.7. The number of hydrogen-bond acceptors (Lipinski definition) is 6. The van der Waals surface area contributed by atoms with Gasteiger partial charge in [0, 0.05) is 22.6 Å². The molecule has 0 bridgehead atoms. The van der Waals surface area contributed by atoms with Crippen molar-refractivity contribution in [3.63, 3.8) is 0 Å². The van der Waals surface area contributed by atoms with Crippen molar-refractivity contribution < 1.29 is 9.59 Å². The minimum Gasteiger partial charge on any atom is -0.365 e. The zero-order valence-electron chi connectivity index (χ0n) is 17.7. The van der Waals surface area contributed by atoms with Crippen molar-refractivity contribution in [2.24, 2.45) is 5.73 Å². The van der Waals surface area contributed by atoms with Gasteiger partial charge in [0.25, 0.3) is 11.5 Å². The first kappa shape index (κ1) is 22.3. The number of nitrogens with two attached hydrogens (primary N) is 1. The largest absolute Gasteiger partial charge is 0.365 e. The van der Waals surface area contributed by atoms with Crippen LogP contribution in [0.5, 0.6) is 0 Å². The van der Waals surface area contributed by atoms with Gasteiger partial charge in [-0.1, -0.05) is 42.1 Å². The van der Waals surface area contributed by atoms with E-state index in [4.69, 9.17) is 5.73 Å². The third-order valence-electron chi connectivity index (χ3n) is 5.43. The van der Waals surface area contributed by atoms with Gasteiger partial charge in [0.15, 0.2) is 5.16 Å². The van der Waals surface area contributed by atoms with E-state index in [2.05, 4.69) is 15.3 Å². The number of thiophene rings is 1. The Bertz CT molecular complexity index is 1220. The second-order valence-electron chi connectivity index (χ2n) is 7.71. The Morgan fingerprint density at radius 1 is 1.22 bits per heavy atom. The molecular weight excluding hydrogens is 444 g/mol. The number of benzene rings is 1. The second-order valence-corrected chi connectivity index (χ2v) is 9.78. The van der Waals surface area contributed by atoms with E-state index in [1.54, 1.807) is 6.92 Å². The van der Waals surface area contributed by atoms with Crippen molar-refractivity contribution in [1.29, 1.82) is 0 Å². The van der Waals surface area contributed by atoms with Crippen molar-refractivity contribution in [2.75, 3.05) is 11.1 Å². The van der Waals surface area contributed by atoms with Gasteiger partial charge in [-0.15, -0.1) is 11.3 Å². The fourth-order valence-corrected chi connectivity index (χ4v) is 5.89. The predicted molar refractivity (Wildman–Crippen MR) is 128 cm³/mol. The van der Waals surface area contributed by atoms with Crippen LogP contribution in [-0.4, -0.2) is 27.5 Å². The Morgan fingerprint density at radius 2 is 1.97 bits per heavy atom. The fraction of sp³-hybridized carbons (Fsp3) is 0.304. The number of H-pyrrole nitrogens is 1. The smallest absolute Gasteiger partial charge is 0.255 e. The van der Waals surface area contributed by atoms with Crippen LogP contribution in [0.1, 0.15) is 50.5 Å². The molecule has 166 valence electrons. The summed E-state index contributed by atoms with van der Waals surface area (Å²) in [5, 5.41) is 3.74. The highest BCUT2D eigenvalue weighted by molar-refractivity contribution is 7.99. The van der Waals surface area contributed by atoms with Gasteiger partial charge in [0.05, 0.1) is 11.3 Å². The zero-order valence-corrected chi connectivity index (χ0v) is 19.3. The van der Waals surface area contributed by atoms with Gasteiger partial charge in [-0.3, -0.25) is 14.4 Å². The van der Waals surface area contributed by atoms with Gasteiger partial charge in [-0.2, -0.15) is 0 Å². The van der Waals surface area contributed by atoms with Crippen molar-refractivity contribution in [2.45, 2.75) is 44.2 Å². The summed E-state index contributed by atoms with van der Waals surface area (Å²) in [7, 11) is 0. The molecule has 2 heterocycles. The van der Waals surface area contributed by atoms with Crippen molar-refractivity contribution in [1.82, 2.24) is 9.97 Å².